The monoisotopic (exact) mass is 380 g/mol. The number of carbonyl (C=O) groups excluding carboxylic acids is 1. The minimum Gasteiger partial charge on any atom is -0.360 e. The summed E-state index contributed by atoms with van der Waals surface area (Å²) in [6.07, 6.45) is 4.59. The van der Waals surface area contributed by atoms with E-state index in [1.807, 2.05) is 11.6 Å². The lowest BCUT2D eigenvalue weighted by Gasteiger charge is -2.20. The summed E-state index contributed by atoms with van der Waals surface area (Å²) in [6, 6.07) is 0. The maximum Gasteiger partial charge on any atom is 0.276 e. The van der Waals surface area contributed by atoms with Gasteiger partial charge in [0.05, 0.1) is 22.9 Å². The van der Waals surface area contributed by atoms with Crippen molar-refractivity contribution in [3.63, 3.8) is 0 Å². The largest absolute Gasteiger partial charge is 0.360 e. The Morgan fingerprint density at radius 3 is 3.09 bits per heavy atom. The first-order chi connectivity index (χ1) is 11.0. The third-order valence-corrected chi connectivity index (χ3v) is 5.08. The van der Waals surface area contributed by atoms with Crippen LogP contribution in [0.15, 0.2) is 15.2 Å². The molecule has 0 fully saturated rings. The van der Waals surface area contributed by atoms with Crippen molar-refractivity contribution in [3.8, 4) is 0 Å². The van der Waals surface area contributed by atoms with Crippen LogP contribution in [0.25, 0.3) is 0 Å². The van der Waals surface area contributed by atoms with Gasteiger partial charge in [0.25, 0.3) is 5.91 Å². The van der Waals surface area contributed by atoms with Crippen molar-refractivity contribution in [1.29, 1.82) is 0 Å². The van der Waals surface area contributed by atoms with Crippen molar-refractivity contribution in [2.24, 2.45) is 5.92 Å². The fraction of sp³-hybridized carbons (Fsp3) is 0.562. The smallest absolute Gasteiger partial charge is 0.276 e. The van der Waals surface area contributed by atoms with Gasteiger partial charge in [-0.3, -0.25) is 9.48 Å². The van der Waals surface area contributed by atoms with Crippen LogP contribution < -0.4 is 0 Å². The molecule has 0 N–H and O–H groups in total. The molecule has 0 aliphatic heterocycles. The van der Waals surface area contributed by atoms with E-state index >= 15 is 0 Å². The van der Waals surface area contributed by atoms with Crippen LogP contribution in [0.3, 0.4) is 0 Å². The number of rotatable bonds is 4. The topological polar surface area (TPSA) is 64.2 Å². The minimum absolute atomic E-state index is 0.0974. The molecule has 1 aliphatic carbocycles. The molecule has 6 nitrogen and oxygen atoms in total. The van der Waals surface area contributed by atoms with E-state index in [-0.39, 0.29) is 5.91 Å². The summed E-state index contributed by atoms with van der Waals surface area (Å²) in [7, 11) is 1.79. The van der Waals surface area contributed by atoms with Gasteiger partial charge >= 0.3 is 0 Å². The fourth-order valence-corrected chi connectivity index (χ4v) is 3.46. The predicted molar refractivity (Wildman–Crippen MR) is 89.1 cm³/mol. The highest BCUT2D eigenvalue weighted by molar-refractivity contribution is 9.10. The van der Waals surface area contributed by atoms with Gasteiger partial charge in [0.2, 0.25) is 0 Å². The van der Waals surface area contributed by atoms with Gasteiger partial charge in [-0.25, -0.2) is 0 Å². The van der Waals surface area contributed by atoms with Crippen molar-refractivity contribution in [2.45, 2.75) is 46.2 Å². The number of aryl methyl sites for hydroxylation is 2. The van der Waals surface area contributed by atoms with Gasteiger partial charge in [0.1, 0.15) is 5.76 Å². The van der Waals surface area contributed by atoms with Crippen molar-refractivity contribution in [2.75, 3.05) is 7.05 Å². The molecule has 0 spiro atoms. The molecule has 0 saturated carbocycles. The molecular formula is C16H21BrN4O2. The van der Waals surface area contributed by atoms with Crippen LogP contribution in [0, 0.1) is 5.92 Å². The lowest BCUT2D eigenvalue weighted by molar-refractivity contribution is 0.0770. The summed E-state index contributed by atoms with van der Waals surface area (Å²) in [5, 5.41) is 8.33. The van der Waals surface area contributed by atoms with E-state index in [1.54, 1.807) is 18.1 Å². The molecule has 1 atom stereocenters. The zero-order valence-corrected chi connectivity index (χ0v) is 15.3. The van der Waals surface area contributed by atoms with Gasteiger partial charge in [0.15, 0.2) is 5.69 Å². The van der Waals surface area contributed by atoms with Gasteiger partial charge in [-0.2, -0.15) is 5.10 Å². The second-order valence-electron chi connectivity index (χ2n) is 6.20. The fourth-order valence-electron chi connectivity index (χ4n) is 3.04. The summed E-state index contributed by atoms with van der Waals surface area (Å²) in [5.41, 5.74) is 2.44. The summed E-state index contributed by atoms with van der Waals surface area (Å²) >= 11 is 3.50. The van der Waals surface area contributed by atoms with E-state index < -0.39 is 0 Å². The van der Waals surface area contributed by atoms with Crippen LogP contribution in [0.1, 0.15) is 47.8 Å². The summed E-state index contributed by atoms with van der Waals surface area (Å²) in [5.74, 6) is 1.34. The van der Waals surface area contributed by atoms with Crippen LogP contribution in [0.2, 0.25) is 0 Å². The molecule has 23 heavy (non-hydrogen) atoms. The van der Waals surface area contributed by atoms with E-state index in [1.165, 1.54) is 0 Å². The number of amides is 1. The minimum atomic E-state index is -0.0974. The van der Waals surface area contributed by atoms with Crippen LogP contribution in [0.4, 0.5) is 0 Å². The van der Waals surface area contributed by atoms with Crippen LogP contribution in [0.5, 0.6) is 0 Å². The molecule has 3 rings (SSSR count). The first-order valence-electron chi connectivity index (χ1n) is 7.94. The first-order valence-corrected chi connectivity index (χ1v) is 8.73. The molecule has 124 valence electrons. The van der Waals surface area contributed by atoms with Gasteiger partial charge in [-0.1, -0.05) is 12.1 Å². The number of nitrogens with zero attached hydrogens (tertiary/aromatic N) is 4. The highest BCUT2D eigenvalue weighted by atomic mass is 79.9. The van der Waals surface area contributed by atoms with E-state index in [4.69, 9.17) is 4.52 Å². The Labute approximate surface area is 143 Å². The number of halogens is 1. The Bertz CT molecular complexity index is 722. The molecule has 0 saturated heterocycles. The Morgan fingerprint density at radius 1 is 1.57 bits per heavy atom. The molecule has 1 aliphatic rings. The van der Waals surface area contributed by atoms with Gasteiger partial charge in [-0.15, -0.1) is 0 Å². The van der Waals surface area contributed by atoms with Crippen LogP contribution >= 0.6 is 15.9 Å². The SMILES string of the molecule is CCn1ncc(Br)c1CN(C)C(=O)c1noc2c1CC(C)CC2. The third-order valence-electron chi connectivity index (χ3n) is 4.42. The van der Waals surface area contributed by atoms with Crippen LogP contribution in [-0.4, -0.2) is 32.8 Å². The molecule has 0 aromatic carbocycles. The number of fused-ring (bicyclic) bond motifs is 1. The van der Waals surface area contributed by atoms with Gasteiger partial charge in [0, 0.05) is 25.6 Å². The van der Waals surface area contributed by atoms with E-state index in [2.05, 4.69) is 33.1 Å². The molecule has 1 unspecified atom stereocenters. The molecule has 0 radical (unpaired) electrons. The maximum absolute atomic E-state index is 12.8. The van der Waals surface area contributed by atoms with Gasteiger partial charge < -0.3 is 9.42 Å². The van der Waals surface area contributed by atoms with Crippen LogP contribution in [-0.2, 0) is 25.9 Å². The zero-order chi connectivity index (χ0) is 16.6. The van der Waals surface area contributed by atoms with Crippen molar-refractivity contribution < 1.29 is 9.32 Å². The summed E-state index contributed by atoms with van der Waals surface area (Å²) in [6.45, 7) is 5.47. The highest BCUT2D eigenvalue weighted by Gasteiger charge is 2.29. The number of aromatic nitrogens is 3. The van der Waals surface area contributed by atoms with Crippen molar-refractivity contribution in [1.82, 2.24) is 19.8 Å². The normalized spacial score (nSPS) is 17.1. The average molecular weight is 381 g/mol. The Balaban J connectivity index is 1.81. The zero-order valence-electron chi connectivity index (χ0n) is 13.7. The first kappa shape index (κ1) is 16.2. The van der Waals surface area contributed by atoms with Crippen molar-refractivity contribution >= 4 is 21.8 Å². The predicted octanol–water partition coefficient (Wildman–Crippen LogP) is 3.05. The summed E-state index contributed by atoms with van der Waals surface area (Å²) < 4.78 is 8.18. The third kappa shape index (κ3) is 3.06. The number of hydrogen-bond donors (Lipinski definition) is 0. The second-order valence-corrected chi connectivity index (χ2v) is 7.05. The van der Waals surface area contributed by atoms with Gasteiger partial charge in [-0.05, 0) is 41.6 Å². The summed E-state index contributed by atoms with van der Waals surface area (Å²) in [4.78, 5) is 14.5. The quantitative estimate of drug-likeness (QED) is 0.817. The average Bonchev–Trinajstić information content (AvgIpc) is 3.10. The van der Waals surface area contributed by atoms with E-state index in [0.717, 1.165) is 47.3 Å². The Kier molecular flexibility index (Phi) is 4.57. The molecule has 1 amide bonds. The lowest BCUT2D eigenvalue weighted by atomic mass is 9.88. The number of hydrogen-bond acceptors (Lipinski definition) is 4. The maximum atomic E-state index is 12.8. The van der Waals surface area contributed by atoms with Crippen molar-refractivity contribution in [3.05, 3.63) is 33.4 Å². The molecule has 2 heterocycles. The Morgan fingerprint density at radius 2 is 2.35 bits per heavy atom. The highest BCUT2D eigenvalue weighted by Crippen LogP contribution is 2.28. The molecular weight excluding hydrogens is 360 g/mol. The molecule has 0 bridgehead atoms. The molecule has 7 heteroatoms. The lowest BCUT2D eigenvalue weighted by Crippen LogP contribution is -2.29. The van der Waals surface area contributed by atoms with E-state index in [9.17, 15) is 4.79 Å². The van der Waals surface area contributed by atoms with E-state index in [0.29, 0.717) is 18.2 Å². The molecule has 2 aromatic rings. The molecule has 2 aromatic heterocycles. The standard InChI is InChI=1S/C16H21BrN4O2/c1-4-21-13(12(17)8-18-21)9-20(3)16(22)15-11-7-10(2)5-6-14(11)23-19-15/h8,10H,4-7,9H2,1-3H3. The number of carbonyl (C=O) groups is 1. The second kappa shape index (κ2) is 6.47. The Hall–Kier alpha value is -1.63.